The number of hydrogen-bond acceptors (Lipinski definition) is 12. The Bertz CT molecular complexity index is 3290. The average Bonchev–Trinajstić information content (AvgIpc) is 0.856. The first-order valence-corrected chi connectivity index (χ1v) is 36.1. The quantitative estimate of drug-likeness (QED) is 0.193. The second-order valence-electron chi connectivity index (χ2n) is 29.0. The number of rotatable bonds is 13. The summed E-state index contributed by atoms with van der Waals surface area (Å²) in [7, 11) is 7.44. The highest BCUT2D eigenvalue weighted by Crippen LogP contribution is 2.39. The van der Waals surface area contributed by atoms with E-state index in [2.05, 4.69) is 16.0 Å². The van der Waals surface area contributed by atoms with Crippen molar-refractivity contribution in [1.29, 1.82) is 0 Å². The zero-order valence-corrected chi connectivity index (χ0v) is 61.6. The molecule has 100 heavy (non-hydrogen) atoms. The van der Waals surface area contributed by atoms with Gasteiger partial charge >= 0.3 is 6.18 Å². The van der Waals surface area contributed by atoms with Crippen molar-refractivity contribution >= 4 is 76.6 Å². The van der Waals surface area contributed by atoms with Crippen LogP contribution >= 0.6 is 11.6 Å². The first-order valence-electron chi connectivity index (χ1n) is 35.8. The van der Waals surface area contributed by atoms with Crippen LogP contribution in [0, 0.1) is 24.7 Å². The van der Waals surface area contributed by atoms with Crippen LogP contribution < -0.4 is 16.0 Å². The Morgan fingerprint density at radius 2 is 1.33 bits per heavy atom. The Kier molecular flexibility index (Phi) is 27.6. The monoisotopic (exact) mass is 1420 g/mol. The Balaban J connectivity index is 1.30. The maximum absolute atomic E-state index is 15.5. The summed E-state index contributed by atoms with van der Waals surface area (Å²) < 4.78 is 47.9. The van der Waals surface area contributed by atoms with Crippen molar-refractivity contribution in [2.45, 2.75) is 237 Å². The zero-order chi connectivity index (χ0) is 74.0. The molecule has 2 aliphatic carbocycles. The average molecular weight is 1420 g/mol. The van der Waals surface area contributed by atoms with Crippen LogP contribution in [0.3, 0.4) is 0 Å². The van der Waals surface area contributed by atoms with E-state index >= 15 is 28.8 Å². The van der Waals surface area contributed by atoms with Gasteiger partial charge in [0.15, 0.2) is 0 Å². The van der Waals surface area contributed by atoms with Gasteiger partial charge in [-0.25, -0.2) is 0 Å². The van der Waals surface area contributed by atoms with Crippen molar-refractivity contribution in [3.8, 4) is 0 Å². The maximum atomic E-state index is 15.5. The van der Waals surface area contributed by atoms with E-state index in [1.807, 2.05) is 52.0 Å². The summed E-state index contributed by atoms with van der Waals surface area (Å²) in [6, 6.07) is 0.188. The van der Waals surface area contributed by atoms with Crippen molar-refractivity contribution < 1.29 is 70.6 Å². The molecule has 3 saturated heterocycles. The molecular weight excluding hydrogens is 1320 g/mol. The van der Waals surface area contributed by atoms with E-state index in [1.54, 1.807) is 41.8 Å². The number of carbonyl (C=O) groups is 11. The highest BCUT2D eigenvalue weighted by atomic mass is 35.5. The van der Waals surface area contributed by atoms with Crippen LogP contribution in [-0.4, -0.2) is 238 Å². The molecule has 0 unspecified atom stereocenters. The summed E-state index contributed by atoms with van der Waals surface area (Å²) in [5.41, 5.74) is -0.748. The Hall–Kier alpha value is -7.35. The largest absolute Gasteiger partial charge is 0.417 e. The first kappa shape index (κ1) is 80.0. The predicted molar refractivity (Wildman–Crippen MR) is 370 cm³/mol. The normalized spacial score (nSPS) is 27.4. The summed E-state index contributed by atoms with van der Waals surface area (Å²) in [5.74, 6) is -7.59. The second-order valence-corrected chi connectivity index (χ2v) is 29.4. The fourth-order valence-electron chi connectivity index (χ4n) is 14.9. The lowest BCUT2D eigenvalue weighted by Gasteiger charge is -2.45. The third-order valence-corrected chi connectivity index (χ3v) is 21.9. The topological polar surface area (TPSA) is 259 Å². The van der Waals surface area contributed by atoms with Gasteiger partial charge in [0, 0.05) is 86.8 Å². The van der Waals surface area contributed by atoms with Crippen LogP contribution in [0.15, 0.2) is 42.5 Å². The van der Waals surface area contributed by atoms with E-state index in [0.29, 0.717) is 37.7 Å². The Labute approximate surface area is 592 Å². The molecule has 2 saturated carbocycles. The van der Waals surface area contributed by atoms with Crippen LogP contribution in [0.5, 0.6) is 0 Å². The van der Waals surface area contributed by atoms with Gasteiger partial charge in [-0.15, -0.1) is 0 Å². The molecule has 2 aromatic carbocycles. The molecule has 3 heterocycles. The Morgan fingerprint density at radius 1 is 0.690 bits per heavy atom. The van der Waals surface area contributed by atoms with E-state index in [-0.39, 0.29) is 101 Å². The molecule has 1 spiro atoms. The molecule has 11 atom stereocenters. The zero-order valence-electron chi connectivity index (χ0n) is 60.9. The summed E-state index contributed by atoms with van der Waals surface area (Å²) in [4.78, 5) is 176. The van der Waals surface area contributed by atoms with Gasteiger partial charge in [0.25, 0.3) is 0 Å². The lowest BCUT2D eigenvalue weighted by Crippen LogP contribution is -2.65. The van der Waals surface area contributed by atoms with Gasteiger partial charge in [-0.2, -0.15) is 13.2 Å². The van der Waals surface area contributed by atoms with Gasteiger partial charge in [-0.3, -0.25) is 52.7 Å². The van der Waals surface area contributed by atoms with Crippen LogP contribution in [0.1, 0.15) is 168 Å². The number of carbonyl (C=O) groups excluding carboxylic acids is 11. The lowest BCUT2D eigenvalue weighted by molar-refractivity contribution is -0.160. The van der Waals surface area contributed by atoms with Crippen LogP contribution in [-0.2, 0) is 76.5 Å². The lowest BCUT2D eigenvalue weighted by atomic mass is 9.90. The maximum Gasteiger partial charge on any atom is 0.417 e. The fraction of sp³-hybridized carbons (Fsp3) is 0.685. The van der Waals surface area contributed by atoms with Gasteiger partial charge in [0.1, 0.15) is 53.9 Å². The number of aryl methyl sites for hydroxylation is 2. The Morgan fingerprint density at radius 3 is 1.90 bits per heavy atom. The molecule has 7 rings (SSSR count). The number of hydrogen-bond donors (Lipinski definition) is 3. The molecule has 0 aromatic heterocycles. The van der Waals surface area contributed by atoms with Crippen LogP contribution in [0.4, 0.5) is 13.2 Å². The molecule has 3 aliphatic heterocycles. The number of alkyl halides is 3. The summed E-state index contributed by atoms with van der Waals surface area (Å²) >= 11 is 6.19. The van der Waals surface area contributed by atoms with E-state index < -0.39 is 160 Å². The molecule has 27 heteroatoms. The SMILES string of the molecule is CCO[C@@H]1C[C@H]2C(=O)NC3(CCCC3)C(=O)N(C)[C@@H](C3CCCC3)C(=O)N(C)[C@H](C)CC(=O)N(C)[C@@H](CC(C)C)C(=O)N[C@@H]([C@@H](C)CC)C(=O)N(C)[C@@H](C)C(=O)N3CC[C@H]3C(=O)N(CC)[C@@H](Cc3ccc(C)cc3)C(=O)N(C)CC(=O)N[C@@H](CCc3ccc(C(F)(F)F)c(Cl)c3)C(=O)N2C1. The number of nitrogens with one attached hydrogen (secondary N) is 3. The van der Waals surface area contributed by atoms with E-state index in [1.165, 1.54) is 68.4 Å². The molecule has 23 nitrogen and oxygen atoms in total. The molecule has 5 fully saturated rings. The van der Waals surface area contributed by atoms with Crippen molar-refractivity contribution in [3.63, 3.8) is 0 Å². The highest BCUT2D eigenvalue weighted by molar-refractivity contribution is 6.31. The third-order valence-electron chi connectivity index (χ3n) is 21.6. The smallest absolute Gasteiger partial charge is 0.377 e. The highest BCUT2D eigenvalue weighted by Gasteiger charge is 2.52. The molecule has 554 valence electrons. The number of halogens is 4. The van der Waals surface area contributed by atoms with E-state index in [4.69, 9.17) is 16.3 Å². The van der Waals surface area contributed by atoms with Crippen molar-refractivity contribution in [1.82, 2.24) is 55.1 Å². The second kappa shape index (κ2) is 34.5. The minimum Gasteiger partial charge on any atom is -0.377 e. The number of fused-ring (bicyclic) bond motifs is 2. The molecule has 3 N–H and O–H groups in total. The number of nitrogens with zero attached hydrogens (tertiary/aromatic N) is 8. The van der Waals surface area contributed by atoms with Crippen molar-refractivity contribution in [3.05, 3.63) is 69.7 Å². The fourth-order valence-corrected chi connectivity index (χ4v) is 15.2. The molecule has 0 radical (unpaired) electrons. The molecular formula is C73H107ClF3N11O12. The number of benzene rings is 2. The number of likely N-dealkylation sites (N-methyl/N-ethyl adjacent to an activating group) is 6. The first-order chi connectivity index (χ1) is 47.1. The molecule has 5 aliphatic rings. The van der Waals surface area contributed by atoms with Gasteiger partial charge < -0.3 is 59.9 Å². The standard InChI is InChI=1S/C73H107ClF3N11O12/c1-15-45(7)61-69(97)83(12)47(9)65(93)87-35-32-55(87)68(96)86(16-2)58(39-49-26-24-44(6)25-27-49)67(95)81(10)42-59(89)78-54(31-29-48-28-30-52(53(74)38-48)73(75,76)77)66(94)88-41-51(100-17-3)40-57(88)64(92)80-72(33-20-21-34-72)71(99)85(14)62(50-22-18-19-23-50)70(98)82(11)46(8)37-60(90)84(13)56(36-43(4)5)63(91)79-61/h24-28,30,38,43,45-47,50-51,54-58,61-62H,15-23,29,31-37,39-42H2,1-14H3,(H,78,89)(H,79,91)(H,80,92)/t45-,46+,47-,51+,54-,55-,56-,57-,58-,61-,62-/m0/s1. The third kappa shape index (κ3) is 18.6. The van der Waals surface area contributed by atoms with Gasteiger partial charge in [-0.1, -0.05) is 107 Å². The van der Waals surface area contributed by atoms with E-state index in [0.717, 1.165) is 35.4 Å². The predicted octanol–water partition coefficient (Wildman–Crippen LogP) is 6.56. The van der Waals surface area contributed by atoms with Gasteiger partial charge in [0.05, 0.1) is 23.2 Å². The molecule has 2 aromatic rings. The van der Waals surface area contributed by atoms with Gasteiger partial charge in [-0.05, 0) is 127 Å². The minimum atomic E-state index is -4.77. The van der Waals surface area contributed by atoms with Crippen molar-refractivity contribution in [2.24, 2.45) is 17.8 Å². The van der Waals surface area contributed by atoms with Gasteiger partial charge in [0.2, 0.25) is 65.0 Å². The minimum absolute atomic E-state index is 0.0247. The number of ether oxygens (including phenoxy) is 1. The summed E-state index contributed by atoms with van der Waals surface area (Å²) in [6.07, 6.45) is -0.980. The van der Waals surface area contributed by atoms with Crippen molar-refractivity contribution in [2.75, 3.05) is 68.0 Å². The summed E-state index contributed by atoms with van der Waals surface area (Å²) in [5, 5.41) is 8.23. The molecule has 0 bridgehead atoms. The molecule has 11 amide bonds. The van der Waals surface area contributed by atoms with Crippen LogP contribution in [0.25, 0.3) is 0 Å². The van der Waals surface area contributed by atoms with E-state index in [9.17, 15) is 37.1 Å². The number of amides is 11. The van der Waals surface area contributed by atoms with Crippen LogP contribution in [0.2, 0.25) is 5.02 Å². The summed E-state index contributed by atoms with van der Waals surface area (Å²) in [6.45, 7) is 15.5.